The van der Waals surface area contributed by atoms with E-state index in [4.69, 9.17) is 23.2 Å². The van der Waals surface area contributed by atoms with E-state index in [2.05, 4.69) is 25.6 Å². The number of aryl methyl sites for hydroxylation is 1. The highest BCUT2D eigenvalue weighted by Crippen LogP contribution is 2.30. The number of rotatable bonds is 6. The van der Waals surface area contributed by atoms with Gasteiger partial charge in [0.25, 0.3) is 5.91 Å². The van der Waals surface area contributed by atoms with Gasteiger partial charge in [-0.1, -0.05) is 40.6 Å². The molecule has 7 nitrogen and oxygen atoms in total. The molecule has 12 heteroatoms. The van der Waals surface area contributed by atoms with Crippen LogP contribution >= 0.6 is 34.5 Å². The molecule has 3 aromatic heterocycles. The molecule has 0 aliphatic carbocycles. The van der Waals surface area contributed by atoms with Gasteiger partial charge in [-0.05, 0) is 24.3 Å². The van der Waals surface area contributed by atoms with Gasteiger partial charge in [-0.3, -0.25) is 9.48 Å². The summed E-state index contributed by atoms with van der Waals surface area (Å²) in [5.41, 5.74) is 1.32. The minimum Gasteiger partial charge on any atom is -0.349 e. The van der Waals surface area contributed by atoms with Crippen molar-refractivity contribution < 1.29 is 13.6 Å². The fourth-order valence-electron chi connectivity index (χ4n) is 3.02. The fraction of sp³-hybridized carbons (Fsp3) is 0.150. The number of nitrogens with one attached hydrogen (secondary N) is 1. The van der Waals surface area contributed by atoms with Crippen molar-refractivity contribution in [1.82, 2.24) is 30.3 Å². The molecule has 0 bridgehead atoms. The normalized spacial score (nSPS) is 12.0. The second kappa shape index (κ2) is 9.27. The lowest BCUT2D eigenvalue weighted by molar-refractivity contribution is 0.0951. The van der Waals surface area contributed by atoms with Gasteiger partial charge in [-0.15, -0.1) is 10.2 Å². The molecule has 4 aromatic rings. The minimum absolute atomic E-state index is 0.0267. The topological polar surface area (TPSA) is 85.6 Å². The Labute approximate surface area is 195 Å². The maximum absolute atomic E-state index is 14.0. The van der Waals surface area contributed by atoms with Gasteiger partial charge in [0.15, 0.2) is 5.01 Å². The molecule has 1 atom stereocenters. The van der Waals surface area contributed by atoms with Gasteiger partial charge in [0.1, 0.15) is 21.9 Å². The van der Waals surface area contributed by atoms with E-state index in [0.29, 0.717) is 21.6 Å². The Bertz CT molecular complexity index is 1290. The molecule has 1 amide bonds. The SMILES string of the molecule is Cn1ncc(C(CNC(=O)c2nnc(-c3ccc(F)cc3F)s2)c2cccc(Cl)n2)c1Cl. The molecule has 4 rings (SSSR count). The number of carbonyl (C=O) groups is 1. The monoisotopic (exact) mass is 494 g/mol. The van der Waals surface area contributed by atoms with E-state index in [-0.39, 0.29) is 22.1 Å². The molecule has 164 valence electrons. The summed E-state index contributed by atoms with van der Waals surface area (Å²) in [5, 5.41) is 15.5. The average molecular weight is 495 g/mol. The number of amides is 1. The zero-order valence-corrected chi connectivity index (χ0v) is 18.7. The number of nitrogens with zero attached hydrogens (tertiary/aromatic N) is 5. The summed E-state index contributed by atoms with van der Waals surface area (Å²) in [4.78, 5) is 17.0. The molecule has 0 radical (unpaired) electrons. The first-order valence-electron chi connectivity index (χ1n) is 9.20. The van der Waals surface area contributed by atoms with Crippen molar-refractivity contribution in [3.05, 3.63) is 80.8 Å². The van der Waals surface area contributed by atoms with E-state index in [0.717, 1.165) is 23.5 Å². The number of carbonyl (C=O) groups excluding carboxylic acids is 1. The van der Waals surface area contributed by atoms with Gasteiger partial charge in [-0.25, -0.2) is 13.8 Å². The first-order chi connectivity index (χ1) is 15.3. The maximum Gasteiger partial charge on any atom is 0.282 e. The Balaban J connectivity index is 1.55. The van der Waals surface area contributed by atoms with Crippen LogP contribution in [0.2, 0.25) is 10.3 Å². The summed E-state index contributed by atoms with van der Waals surface area (Å²) >= 11 is 13.3. The predicted molar refractivity (Wildman–Crippen MR) is 117 cm³/mol. The number of aromatic nitrogens is 5. The highest BCUT2D eigenvalue weighted by atomic mass is 35.5. The summed E-state index contributed by atoms with van der Waals surface area (Å²) in [5.74, 6) is -2.43. The molecule has 0 spiro atoms. The molecular weight excluding hydrogens is 481 g/mol. The fourth-order valence-corrected chi connectivity index (χ4v) is 4.20. The number of pyridine rings is 1. The van der Waals surface area contributed by atoms with Crippen LogP contribution in [-0.2, 0) is 7.05 Å². The third kappa shape index (κ3) is 4.62. The van der Waals surface area contributed by atoms with Crippen molar-refractivity contribution in [3.8, 4) is 10.6 Å². The van der Waals surface area contributed by atoms with E-state index in [9.17, 15) is 13.6 Å². The largest absolute Gasteiger partial charge is 0.349 e. The Morgan fingerprint density at radius 3 is 2.72 bits per heavy atom. The lowest BCUT2D eigenvalue weighted by atomic mass is 9.98. The Morgan fingerprint density at radius 1 is 1.22 bits per heavy atom. The maximum atomic E-state index is 14.0. The van der Waals surface area contributed by atoms with E-state index in [1.54, 1.807) is 31.4 Å². The standard InChI is InChI=1S/C20H14Cl2F2N6OS/c1-30-17(22)13(9-26-30)12(15-3-2-4-16(21)27-15)8-25-18(31)20-29-28-19(32-20)11-6-5-10(23)7-14(11)24/h2-7,9,12H,8H2,1H3,(H,25,31). The highest BCUT2D eigenvalue weighted by Gasteiger charge is 2.24. The molecule has 1 N–H and O–H groups in total. The zero-order chi connectivity index (χ0) is 22.8. The Hall–Kier alpha value is -2.95. The first-order valence-corrected chi connectivity index (χ1v) is 10.8. The van der Waals surface area contributed by atoms with E-state index in [1.807, 2.05) is 0 Å². The number of hydrogen-bond donors (Lipinski definition) is 1. The summed E-state index contributed by atoms with van der Waals surface area (Å²) in [6.07, 6.45) is 1.60. The zero-order valence-electron chi connectivity index (χ0n) is 16.4. The molecule has 0 saturated carbocycles. The lowest BCUT2D eigenvalue weighted by Crippen LogP contribution is -2.29. The molecule has 32 heavy (non-hydrogen) atoms. The molecule has 3 heterocycles. The van der Waals surface area contributed by atoms with E-state index in [1.165, 1.54) is 10.7 Å². The van der Waals surface area contributed by atoms with Crippen molar-refractivity contribution in [3.63, 3.8) is 0 Å². The van der Waals surface area contributed by atoms with Crippen LogP contribution < -0.4 is 5.32 Å². The van der Waals surface area contributed by atoms with Crippen LogP contribution in [0.1, 0.15) is 27.0 Å². The van der Waals surface area contributed by atoms with Crippen LogP contribution in [0, 0.1) is 11.6 Å². The summed E-state index contributed by atoms with van der Waals surface area (Å²) in [6.45, 7) is 0.122. The van der Waals surface area contributed by atoms with Crippen molar-refractivity contribution >= 4 is 40.4 Å². The molecule has 0 saturated heterocycles. The average Bonchev–Trinajstić information content (AvgIpc) is 3.37. The lowest BCUT2D eigenvalue weighted by Gasteiger charge is -2.16. The third-order valence-corrected chi connectivity index (χ3v) is 6.24. The van der Waals surface area contributed by atoms with Gasteiger partial charge >= 0.3 is 0 Å². The molecule has 0 aliphatic heterocycles. The second-order valence-corrected chi connectivity index (χ2v) is 8.42. The summed E-state index contributed by atoms with van der Waals surface area (Å²) in [7, 11) is 1.70. The quantitative estimate of drug-likeness (QED) is 0.399. The third-order valence-electron chi connectivity index (χ3n) is 4.61. The van der Waals surface area contributed by atoms with Crippen LogP contribution in [0.25, 0.3) is 10.6 Å². The summed E-state index contributed by atoms with van der Waals surface area (Å²) < 4.78 is 28.7. The van der Waals surface area contributed by atoms with Crippen LogP contribution in [-0.4, -0.2) is 37.4 Å². The van der Waals surface area contributed by atoms with E-state index < -0.39 is 23.5 Å². The second-order valence-electron chi connectivity index (χ2n) is 6.70. The van der Waals surface area contributed by atoms with Crippen molar-refractivity contribution in [1.29, 1.82) is 0 Å². The first kappa shape index (κ1) is 22.3. The Kier molecular flexibility index (Phi) is 6.45. The molecule has 0 fully saturated rings. The van der Waals surface area contributed by atoms with Gasteiger partial charge in [0, 0.05) is 36.7 Å². The number of benzene rings is 1. The summed E-state index contributed by atoms with van der Waals surface area (Å²) in [6, 6.07) is 8.27. The van der Waals surface area contributed by atoms with Crippen molar-refractivity contribution in [2.24, 2.45) is 7.05 Å². The molecular formula is C20H14Cl2F2N6OS. The molecule has 1 aromatic carbocycles. The van der Waals surface area contributed by atoms with Gasteiger partial charge in [0.05, 0.1) is 11.9 Å². The van der Waals surface area contributed by atoms with Crippen molar-refractivity contribution in [2.75, 3.05) is 6.54 Å². The van der Waals surface area contributed by atoms with Gasteiger partial charge in [-0.2, -0.15) is 5.10 Å². The van der Waals surface area contributed by atoms with E-state index >= 15 is 0 Å². The van der Waals surface area contributed by atoms with Crippen molar-refractivity contribution in [2.45, 2.75) is 5.92 Å². The molecule has 1 unspecified atom stereocenters. The van der Waals surface area contributed by atoms with Gasteiger partial charge in [0.2, 0.25) is 5.01 Å². The Morgan fingerprint density at radius 2 is 2.03 bits per heavy atom. The van der Waals surface area contributed by atoms with Crippen LogP contribution in [0.4, 0.5) is 8.78 Å². The predicted octanol–water partition coefficient (Wildman–Crippen LogP) is 4.48. The smallest absolute Gasteiger partial charge is 0.282 e. The van der Waals surface area contributed by atoms with Crippen LogP contribution in [0.5, 0.6) is 0 Å². The van der Waals surface area contributed by atoms with Gasteiger partial charge < -0.3 is 5.32 Å². The molecule has 0 aliphatic rings. The highest BCUT2D eigenvalue weighted by molar-refractivity contribution is 7.16. The minimum atomic E-state index is -0.786. The number of hydrogen-bond acceptors (Lipinski definition) is 6. The van der Waals surface area contributed by atoms with Crippen LogP contribution in [0.3, 0.4) is 0 Å². The van der Waals surface area contributed by atoms with Crippen LogP contribution in [0.15, 0.2) is 42.6 Å². The number of halogens is 4.